The lowest BCUT2D eigenvalue weighted by molar-refractivity contribution is 0.0643. The van der Waals surface area contributed by atoms with Crippen LogP contribution in [0.2, 0.25) is 0 Å². The van der Waals surface area contributed by atoms with E-state index in [9.17, 15) is 4.79 Å². The molecule has 3 heterocycles. The summed E-state index contributed by atoms with van der Waals surface area (Å²) < 4.78 is 1.77. The van der Waals surface area contributed by atoms with Crippen LogP contribution in [0.25, 0.3) is 5.69 Å². The van der Waals surface area contributed by atoms with Gasteiger partial charge < -0.3 is 9.80 Å². The van der Waals surface area contributed by atoms with Crippen LogP contribution in [0.1, 0.15) is 28.4 Å². The van der Waals surface area contributed by atoms with Gasteiger partial charge in [0.15, 0.2) is 0 Å². The second-order valence-electron chi connectivity index (χ2n) is 6.90. The largest absolute Gasteiger partial charge is 0.336 e. The Balaban J connectivity index is 1.65. The van der Waals surface area contributed by atoms with E-state index in [-0.39, 0.29) is 5.91 Å². The number of amides is 1. The molecule has 3 aromatic rings. The Morgan fingerprint density at radius 1 is 1.07 bits per heavy atom. The van der Waals surface area contributed by atoms with Gasteiger partial charge in [-0.15, -0.1) is 0 Å². The molecule has 6 nitrogen and oxygen atoms in total. The molecule has 4 rings (SSSR count). The average Bonchev–Trinajstić information content (AvgIpc) is 3.32. The summed E-state index contributed by atoms with van der Waals surface area (Å²) in [7, 11) is 0. The highest BCUT2D eigenvalue weighted by Crippen LogP contribution is 2.18. The van der Waals surface area contributed by atoms with Gasteiger partial charge in [-0.3, -0.25) is 9.78 Å². The SMILES string of the molecule is CCN1CCN(C(=O)c2ccc(-n3cccn3)c(C#Cc3cccnc3)c2)CC1. The maximum Gasteiger partial charge on any atom is 0.253 e. The second kappa shape index (κ2) is 8.72. The summed E-state index contributed by atoms with van der Waals surface area (Å²) in [6, 6.07) is 11.3. The Bertz CT molecular complexity index is 1030. The van der Waals surface area contributed by atoms with Gasteiger partial charge in [-0.1, -0.05) is 18.8 Å². The molecule has 1 aromatic carbocycles. The van der Waals surface area contributed by atoms with Gasteiger partial charge >= 0.3 is 0 Å². The standard InChI is InChI=1S/C23H23N5O/c1-2-26-13-15-27(16-14-26)23(29)21-8-9-22(28-12-4-11-25-28)20(17-21)7-6-19-5-3-10-24-18-19/h3-5,8-12,17-18H,2,13-16H2,1H3. The topological polar surface area (TPSA) is 54.3 Å². The summed E-state index contributed by atoms with van der Waals surface area (Å²) in [5.74, 6) is 6.39. The third kappa shape index (κ3) is 4.36. The van der Waals surface area contributed by atoms with Crippen molar-refractivity contribution in [3.63, 3.8) is 0 Å². The minimum absolute atomic E-state index is 0.0530. The summed E-state index contributed by atoms with van der Waals surface area (Å²) in [5.41, 5.74) is 3.09. The second-order valence-corrected chi connectivity index (χ2v) is 6.90. The Morgan fingerprint density at radius 2 is 1.93 bits per heavy atom. The zero-order valence-corrected chi connectivity index (χ0v) is 16.5. The lowest BCUT2D eigenvalue weighted by atomic mass is 10.1. The number of carbonyl (C=O) groups excluding carboxylic acids is 1. The predicted octanol–water partition coefficient (Wildman–Crippen LogP) is 2.44. The highest BCUT2D eigenvalue weighted by atomic mass is 16.2. The molecule has 0 saturated carbocycles. The summed E-state index contributed by atoms with van der Waals surface area (Å²) in [4.78, 5) is 21.4. The molecule has 0 atom stereocenters. The van der Waals surface area contributed by atoms with Gasteiger partial charge in [0.1, 0.15) is 0 Å². The van der Waals surface area contributed by atoms with Crippen LogP contribution in [0.3, 0.4) is 0 Å². The summed E-state index contributed by atoms with van der Waals surface area (Å²) in [6.07, 6.45) is 7.04. The minimum atomic E-state index is 0.0530. The number of aromatic nitrogens is 3. The van der Waals surface area contributed by atoms with Crippen LogP contribution in [-0.2, 0) is 0 Å². The number of likely N-dealkylation sites (N-methyl/N-ethyl adjacent to an activating group) is 1. The number of rotatable bonds is 3. The number of pyridine rings is 1. The molecule has 0 unspecified atom stereocenters. The van der Waals surface area contributed by atoms with Crippen molar-refractivity contribution >= 4 is 5.91 Å². The van der Waals surface area contributed by atoms with Gasteiger partial charge in [-0.2, -0.15) is 5.10 Å². The van der Waals surface area contributed by atoms with E-state index in [1.165, 1.54) is 0 Å². The smallest absolute Gasteiger partial charge is 0.253 e. The van der Waals surface area contributed by atoms with E-state index >= 15 is 0 Å². The van der Waals surface area contributed by atoms with E-state index < -0.39 is 0 Å². The molecule has 0 radical (unpaired) electrons. The van der Waals surface area contributed by atoms with Gasteiger partial charge in [0.05, 0.1) is 11.3 Å². The molecule has 1 aliphatic heterocycles. The van der Waals surface area contributed by atoms with E-state index in [1.54, 1.807) is 23.3 Å². The zero-order chi connectivity index (χ0) is 20.1. The summed E-state index contributed by atoms with van der Waals surface area (Å²) in [5, 5.41) is 4.32. The third-order valence-electron chi connectivity index (χ3n) is 5.10. The molecule has 1 amide bonds. The maximum absolute atomic E-state index is 13.0. The molecule has 0 N–H and O–H groups in total. The number of nitrogens with zero attached hydrogens (tertiary/aromatic N) is 5. The van der Waals surface area contributed by atoms with Gasteiger partial charge in [-0.05, 0) is 42.9 Å². The molecule has 0 bridgehead atoms. The fourth-order valence-electron chi connectivity index (χ4n) is 3.41. The van der Waals surface area contributed by atoms with E-state index in [2.05, 4.69) is 33.7 Å². The number of piperazine rings is 1. The fraction of sp³-hybridized carbons (Fsp3) is 0.261. The van der Waals surface area contributed by atoms with Gasteiger partial charge in [0.25, 0.3) is 5.91 Å². The van der Waals surface area contributed by atoms with Gasteiger partial charge in [0.2, 0.25) is 0 Å². The molecule has 2 aromatic heterocycles. The van der Waals surface area contributed by atoms with Crippen LogP contribution in [0.15, 0.2) is 61.2 Å². The quantitative estimate of drug-likeness (QED) is 0.650. The van der Waals surface area contributed by atoms with Crippen LogP contribution >= 0.6 is 0 Å². The van der Waals surface area contributed by atoms with E-state index in [0.29, 0.717) is 5.56 Å². The van der Waals surface area contributed by atoms with E-state index in [1.807, 2.05) is 47.5 Å². The van der Waals surface area contributed by atoms with Crippen molar-refractivity contribution < 1.29 is 4.79 Å². The molecule has 1 saturated heterocycles. The first-order valence-corrected chi connectivity index (χ1v) is 9.82. The average molecular weight is 385 g/mol. The number of carbonyl (C=O) groups is 1. The van der Waals surface area contributed by atoms with Crippen molar-refractivity contribution in [2.24, 2.45) is 0 Å². The number of benzene rings is 1. The van der Waals surface area contributed by atoms with Crippen LogP contribution < -0.4 is 0 Å². The third-order valence-corrected chi connectivity index (χ3v) is 5.10. The lowest BCUT2D eigenvalue weighted by Gasteiger charge is -2.34. The Kier molecular flexibility index (Phi) is 5.68. The van der Waals surface area contributed by atoms with Crippen LogP contribution in [-0.4, -0.2) is 63.2 Å². The molecular formula is C23H23N5O. The van der Waals surface area contributed by atoms with Crippen LogP contribution in [0, 0.1) is 11.8 Å². The maximum atomic E-state index is 13.0. The van der Waals surface area contributed by atoms with Crippen molar-refractivity contribution in [3.8, 4) is 17.5 Å². The molecule has 146 valence electrons. The molecule has 29 heavy (non-hydrogen) atoms. The van der Waals surface area contributed by atoms with Gasteiger partial charge in [0, 0.05) is 62.1 Å². The van der Waals surface area contributed by atoms with Crippen molar-refractivity contribution in [1.29, 1.82) is 0 Å². The van der Waals surface area contributed by atoms with Crippen molar-refractivity contribution in [2.45, 2.75) is 6.92 Å². The van der Waals surface area contributed by atoms with Crippen LogP contribution in [0.4, 0.5) is 0 Å². The fourth-order valence-corrected chi connectivity index (χ4v) is 3.41. The van der Waals surface area contributed by atoms with Crippen molar-refractivity contribution in [2.75, 3.05) is 32.7 Å². The minimum Gasteiger partial charge on any atom is -0.336 e. The molecule has 1 aliphatic rings. The van der Waals surface area contributed by atoms with Crippen molar-refractivity contribution in [3.05, 3.63) is 77.9 Å². The van der Waals surface area contributed by atoms with Crippen LogP contribution in [0.5, 0.6) is 0 Å². The highest BCUT2D eigenvalue weighted by molar-refractivity contribution is 5.95. The first kappa shape index (κ1) is 18.9. The predicted molar refractivity (Wildman–Crippen MR) is 112 cm³/mol. The Hall–Kier alpha value is -3.43. The van der Waals surface area contributed by atoms with Crippen molar-refractivity contribution in [1.82, 2.24) is 24.6 Å². The lowest BCUT2D eigenvalue weighted by Crippen LogP contribution is -2.48. The highest BCUT2D eigenvalue weighted by Gasteiger charge is 2.22. The normalized spacial score (nSPS) is 14.3. The Labute approximate surface area is 170 Å². The molecule has 0 spiro atoms. The first-order chi connectivity index (χ1) is 14.2. The number of hydrogen-bond donors (Lipinski definition) is 0. The monoisotopic (exact) mass is 385 g/mol. The zero-order valence-electron chi connectivity index (χ0n) is 16.5. The van der Waals surface area contributed by atoms with E-state index in [4.69, 9.17) is 0 Å². The first-order valence-electron chi connectivity index (χ1n) is 9.82. The van der Waals surface area contributed by atoms with E-state index in [0.717, 1.165) is 49.5 Å². The molecule has 1 fully saturated rings. The van der Waals surface area contributed by atoms with Gasteiger partial charge in [-0.25, -0.2) is 4.68 Å². The summed E-state index contributed by atoms with van der Waals surface area (Å²) >= 11 is 0. The molecular weight excluding hydrogens is 362 g/mol. The molecule has 6 heteroatoms. The molecule has 0 aliphatic carbocycles. The number of hydrogen-bond acceptors (Lipinski definition) is 4. The Morgan fingerprint density at radius 3 is 2.62 bits per heavy atom. The summed E-state index contributed by atoms with van der Waals surface area (Å²) in [6.45, 7) is 6.52.